The molecule has 7 N–H and O–H groups in total. The lowest BCUT2D eigenvalue weighted by atomic mass is 10.1. The maximum Gasteiger partial charge on any atom is 0.298 e. The van der Waals surface area contributed by atoms with Crippen LogP contribution in [-0.4, -0.2) is 102 Å². The number of imidazole rings is 2. The van der Waals surface area contributed by atoms with E-state index >= 15 is 0 Å². The molecule has 4 aromatic heterocycles. The SMILES string of the molecule is CCn1nc(C)cc1C(=O)/N=c1\n(C)c2cc(C(N)=O)ccc2n1CC(O)C(O)Cn1/c(=N/C(=O)c2cc(C)nn2CC)n(C)c2cc(C(N)=O)cc(OCCCO)c21. The Morgan fingerprint density at radius 1 is 0.729 bits per heavy atom. The van der Waals surface area contributed by atoms with Crippen molar-refractivity contribution in [1.29, 1.82) is 0 Å². The predicted octanol–water partition coefficient (Wildman–Crippen LogP) is 0.186. The zero-order valence-corrected chi connectivity index (χ0v) is 33.7. The van der Waals surface area contributed by atoms with Crippen molar-refractivity contribution in [3.05, 3.63) is 87.6 Å². The smallest absolute Gasteiger partial charge is 0.298 e. The highest BCUT2D eigenvalue weighted by Crippen LogP contribution is 2.28. The van der Waals surface area contributed by atoms with Crippen molar-refractivity contribution in [1.82, 2.24) is 37.8 Å². The Hall–Kier alpha value is -6.64. The molecule has 0 saturated heterocycles. The van der Waals surface area contributed by atoms with E-state index in [-0.39, 0.29) is 72.2 Å². The van der Waals surface area contributed by atoms with Crippen LogP contribution >= 0.6 is 0 Å². The minimum atomic E-state index is -1.57. The maximum absolute atomic E-state index is 13.8. The van der Waals surface area contributed by atoms with Crippen LogP contribution in [0.25, 0.3) is 22.1 Å². The Balaban J connectivity index is 1.49. The van der Waals surface area contributed by atoms with Gasteiger partial charge in [0.2, 0.25) is 23.1 Å². The number of primary amides is 2. The molecule has 20 heteroatoms. The number of benzene rings is 2. The van der Waals surface area contributed by atoms with Gasteiger partial charge in [0.1, 0.15) is 22.7 Å². The van der Waals surface area contributed by atoms with E-state index < -0.39 is 35.8 Å². The first-order chi connectivity index (χ1) is 28.1. The normalized spacial score (nSPS) is 13.4. The standard InChI is InChI=1S/C39H48N12O8/c1-7-50-28(14-21(3)44-50)36(57)42-38-46(5)26-16-23(34(40)55)10-11-25(26)48(38)19-30(53)31(54)20-49-33-27(17-24(35(41)56)18-32(33)59-13-9-12-52)47(6)39(49)43-37(58)29-15-22(4)45-51(29)8-2/h10-11,14-18,30-31,52-54H,7-9,12-13,19-20H2,1-6H3,(H2,40,55)(H2,41,56)/b42-38+,43-39+. The number of carbonyl (C=O) groups is 4. The highest BCUT2D eigenvalue weighted by Gasteiger charge is 2.26. The van der Waals surface area contributed by atoms with Crippen molar-refractivity contribution in [3.8, 4) is 5.75 Å². The predicted molar refractivity (Wildman–Crippen MR) is 213 cm³/mol. The van der Waals surface area contributed by atoms with Gasteiger partial charge < -0.3 is 49.8 Å². The Morgan fingerprint density at radius 2 is 1.24 bits per heavy atom. The molecule has 0 aliphatic carbocycles. The number of nitrogens with two attached hydrogens (primary N) is 2. The summed E-state index contributed by atoms with van der Waals surface area (Å²) >= 11 is 0. The van der Waals surface area contributed by atoms with Crippen LogP contribution < -0.4 is 27.4 Å². The van der Waals surface area contributed by atoms with Crippen LogP contribution in [0.5, 0.6) is 5.75 Å². The summed E-state index contributed by atoms with van der Waals surface area (Å²) in [6.07, 6.45) is -2.86. The van der Waals surface area contributed by atoms with Crippen LogP contribution in [0.1, 0.15) is 73.3 Å². The van der Waals surface area contributed by atoms with Crippen molar-refractivity contribution in [2.24, 2.45) is 35.5 Å². The van der Waals surface area contributed by atoms with E-state index in [1.165, 1.54) is 36.7 Å². The van der Waals surface area contributed by atoms with Crippen LogP contribution in [0.2, 0.25) is 0 Å². The van der Waals surface area contributed by atoms with E-state index in [2.05, 4.69) is 20.2 Å². The number of nitrogens with zero attached hydrogens (tertiary/aromatic N) is 10. The average Bonchev–Trinajstić information content (AvgIpc) is 3.93. The zero-order valence-electron chi connectivity index (χ0n) is 33.7. The fourth-order valence-electron chi connectivity index (χ4n) is 7.03. The van der Waals surface area contributed by atoms with Crippen LogP contribution in [0, 0.1) is 13.8 Å². The van der Waals surface area contributed by atoms with Gasteiger partial charge in [-0.25, -0.2) is 0 Å². The van der Waals surface area contributed by atoms with Crippen molar-refractivity contribution in [2.45, 2.75) is 72.5 Å². The first kappa shape index (κ1) is 42.0. The number of ether oxygens (including phenoxy) is 1. The summed E-state index contributed by atoms with van der Waals surface area (Å²) in [5, 5.41) is 41.9. The van der Waals surface area contributed by atoms with E-state index in [0.717, 1.165) is 0 Å². The molecule has 0 aliphatic rings. The van der Waals surface area contributed by atoms with E-state index in [1.54, 1.807) is 61.3 Å². The van der Waals surface area contributed by atoms with Crippen molar-refractivity contribution < 1.29 is 39.2 Å². The van der Waals surface area contributed by atoms with Gasteiger partial charge in [-0.1, -0.05) is 0 Å². The zero-order chi connectivity index (χ0) is 42.9. The first-order valence-corrected chi connectivity index (χ1v) is 19.0. The molecule has 0 spiro atoms. The Labute approximate surface area is 336 Å². The topological polar surface area (TPSA) is 270 Å². The summed E-state index contributed by atoms with van der Waals surface area (Å²) in [5.41, 5.74) is 15.0. The minimum Gasteiger partial charge on any atom is -0.491 e. The van der Waals surface area contributed by atoms with Gasteiger partial charge in [-0.05, 0) is 70.2 Å². The number of aliphatic hydroxyl groups excluding tert-OH is 3. The highest BCUT2D eigenvalue weighted by molar-refractivity contribution is 5.99. The quantitative estimate of drug-likeness (QED) is 0.0879. The second-order valence-electron chi connectivity index (χ2n) is 14.1. The molecule has 2 unspecified atom stereocenters. The Morgan fingerprint density at radius 3 is 1.76 bits per heavy atom. The summed E-state index contributed by atoms with van der Waals surface area (Å²) < 4.78 is 15.2. The molecule has 0 radical (unpaired) electrons. The summed E-state index contributed by atoms with van der Waals surface area (Å²) in [4.78, 5) is 61.0. The van der Waals surface area contributed by atoms with Gasteiger partial charge in [-0.2, -0.15) is 20.2 Å². The molecule has 0 saturated carbocycles. The fourth-order valence-corrected chi connectivity index (χ4v) is 7.03. The molecule has 4 heterocycles. The third kappa shape index (κ3) is 8.22. The minimum absolute atomic E-state index is 0.0345. The Bertz CT molecular complexity index is 2760. The number of carbonyl (C=O) groups excluding carboxylic acids is 4. The van der Waals surface area contributed by atoms with E-state index in [0.29, 0.717) is 46.5 Å². The van der Waals surface area contributed by atoms with E-state index in [1.807, 2.05) is 13.8 Å². The van der Waals surface area contributed by atoms with Gasteiger partial charge in [0.05, 0.1) is 59.8 Å². The van der Waals surface area contributed by atoms with E-state index in [4.69, 9.17) is 16.2 Å². The number of aromatic nitrogens is 8. The van der Waals surface area contributed by atoms with Crippen LogP contribution in [0.4, 0.5) is 0 Å². The third-order valence-electron chi connectivity index (χ3n) is 9.95. The molecule has 59 heavy (non-hydrogen) atoms. The van der Waals surface area contributed by atoms with Crippen molar-refractivity contribution >= 4 is 45.7 Å². The molecule has 20 nitrogen and oxygen atoms in total. The number of fused-ring (bicyclic) bond motifs is 2. The third-order valence-corrected chi connectivity index (χ3v) is 9.95. The molecular weight excluding hydrogens is 765 g/mol. The molecule has 312 valence electrons. The lowest BCUT2D eigenvalue weighted by Crippen LogP contribution is -2.40. The molecule has 6 aromatic rings. The van der Waals surface area contributed by atoms with Crippen LogP contribution in [0.3, 0.4) is 0 Å². The molecule has 0 fully saturated rings. The monoisotopic (exact) mass is 812 g/mol. The van der Waals surface area contributed by atoms with Gasteiger partial charge in [0, 0.05) is 51.3 Å². The number of hydrogen-bond donors (Lipinski definition) is 5. The summed E-state index contributed by atoms with van der Waals surface area (Å²) in [7, 11) is 3.25. The van der Waals surface area contributed by atoms with Crippen LogP contribution in [0.15, 0.2) is 52.4 Å². The van der Waals surface area contributed by atoms with Crippen molar-refractivity contribution in [3.63, 3.8) is 0 Å². The molecule has 6 rings (SSSR count). The van der Waals surface area contributed by atoms with Gasteiger partial charge in [0.25, 0.3) is 11.8 Å². The highest BCUT2D eigenvalue weighted by atomic mass is 16.5. The van der Waals surface area contributed by atoms with Crippen LogP contribution in [-0.2, 0) is 40.3 Å². The van der Waals surface area contributed by atoms with Gasteiger partial charge >= 0.3 is 0 Å². The molecular formula is C39H48N12O8. The number of amides is 4. The largest absolute Gasteiger partial charge is 0.491 e. The molecule has 0 bridgehead atoms. The van der Waals surface area contributed by atoms with Gasteiger partial charge in [-0.15, -0.1) is 0 Å². The number of aliphatic hydroxyl groups is 3. The Kier molecular flexibility index (Phi) is 12.1. The molecule has 4 amide bonds. The van der Waals surface area contributed by atoms with Gasteiger partial charge in [-0.3, -0.25) is 28.5 Å². The van der Waals surface area contributed by atoms with Crippen molar-refractivity contribution in [2.75, 3.05) is 13.2 Å². The number of rotatable bonds is 15. The maximum atomic E-state index is 13.8. The molecule has 0 aliphatic heterocycles. The second kappa shape index (κ2) is 17.1. The first-order valence-electron chi connectivity index (χ1n) is 19.0. The average molecular weight is 813 g/mol. The summed E-state index contributed by atoms with van der Waals surface area (Å²) in [5.74, 6) is -2.51. The number of hydrogen-bond acceptors (Lipinski definition) is 10. The lowest BCUT2D eigenvalue weighted by molar-refractivity contribution is -0.000203. The second-order valence-corrected chi connectivity index (χ2v) is 14.1. The van der Waals surface area contributed by atoms with E-state index in [9.17, 15) is 34.5 Å². The molecule has 2 aromatic carbocycles. The lowest BCUT2D eigenvalue weighted by Gasteiger charge is -2.20. The summed E-state index contributed by atoms with van der Waals surface area (Å²) in [6, 6.07) is 10.8. The molecule has 2 atom stereocenters. The number of aryl methyl sites for hydroxylation is 6. The fraction of sp³-hybridized carbons (Fsp3) is 0.385. The summed E-state index contributed by atoms with van der Waals surface area (Å²) in [6.45, 7) is 7.21. The van der Waals surface area contributed by atoms with Gasteiger partial charge in [0.15, 0.2) is 0 Å².